The Morgan fingerprint density at radius 2 is 2.00 bits per heavy atom. The number of rotatable bonds is 2. The van der Waals surface area contributed by atoms with Crippen LogP contribution in [0.15, 0.2) is 24.4 Å². The maximum atomic E-state index is 13.0. The van der Waals surface area contributed by atoms with Crippen LogP contribution in [0.4, 0.5) is 17.6 Å². The number of ether oxygens (including phenoxy) is 1. The molecule has 1 aromatic carbocycles. The minimum atomic E-state index is -4.59. The molecule has 0 fully saturated rings. The Bertz CT molecular complexity index is 609. The molecule has 1 heterocycles. The third kappa shape index (κ3) is 2.51. The van der Waals surface area contributed by atoms with Crippen molar-refractivity contribution in [2.24, 2.45) is 0 Å². The van der Waals surface area contributed by atoms with Gasteiger partial charge in [0.2, 0.25) is 5.88 Å². The Morgan fingerprint density at radius 3 is 2.53 bits per heavy atom. The lowest BCUT2D eigenvalue weighted by molar-refractivity contribution is -0.138. The van der Waals surface area contributed by atoms with Gasteiger partial charge >= 0.3 is 6.18 Å². The highest BCUT2D eigenvalue weighted by molar-refractivity contribution is 6.30. The lowest BCUT2D eigenvalue weighted by atomic mass is 10.3. The predicted octanol–water partition coefficient (Wildman–Crippen LogP) is 3.69. The molecule has 0 aliphatic rings. The smallest absolute Gasteiger partial charge is 0.423 e. The number of benzene rings is 1. The van der Waals surface area contributed by atoms with Crippen molar-refractivity contribution < 1.29 is 22.3 Å². The van der Waals surface area contributed by atoms with Crippen LogP contribution >= 0.6 is 11.6 Å². The maximum absolute atomic E-state index is 13.0. The Labute approximate surface area is 110 Å². The van der Waals surface area contributed by atoms with Gasteiger partial charge < -0.3 is 4.74 Å². The van der Waals surface area contributed by atoms with E-state index >= 15 is 0 Å². The van der Waals surface area contributed by atoms with E-state index in [4.69, 9.17) is 16.3 Å². The summed E-state index contributed by atoms with van der Waals surface area (Å²) in [5.41, 5.74) is -0.853. The molecular weight excluding hydrogens is 288 g/mol. The molecular formula is C11H7ClF4N2O. The van der Waals surface area contributed by atoms with E-state index in [1.165, 1.54) is 6.07 Å². The average molecular weight is 295 g/mol. The second-order valence-corrected chi connectivity index (χ2v) is 3.98. The van der Waals surface area contributed by atoms with Crippen LogP contribution in [0.3, 0.4) is 0 Å². The molecule has 102 valence electrons. The van der Waals surface area contributed by atoms with E-state index in [1.807, 2.05) is 0 Å². The molecule has 0 aliphatic heterocycles. The topological polar surface area (TPSA) is 27.1 Å². The highest BCUT2D eigenvalue weighted by atomic mass is 35.5. The number of aromatic nitrogens is 2. The van der Waals surface area contributed by atoms with Gasteiger partial charge in [0.15, 0.2) is 0 Å². The number of halogens is 5. The second kappa shape index (κ2) is 4.73. The zero-order valence-electron chi connectivity index (χ0n) is 9.50. The van der Waals surface area contributed by atoms with Crippen LogP contribution in [0, 0.1) is 5.82 Å². The zero-order chi connectivity index (χ0) is 14.2. The van der Waals surface area contributed by atoms with E-state index in [0.717, 1.165) is 23.9 Å². The Hall–Kier alpha value is -1.76. The molecule has 0 amide bonds. The van der Waals surface area contributed by atoms with Gasteiger partial charge in [-0.1, -0.05) is 11.6 Å². The molecule has 0 bridgehead atoms. The normalized spacial score (nSPS) is 11.7. The monoisotopic (exact) mass is 294 g/mol. The van der Waals surface area contributed by atoms with Crippen molar-refractivity contribution in [2.75, 3.05) is 7.11 Å². The third-order valence-electron chi connectivity index (χ3n) is 2.37. The van der Waals surface area contributed by atoms with Gasteiger partial charge in [0.1, 0.15) is 11.4 Å². The van der Waals surface area contributed by atoms with Crippen molar-refractivity contribution in [3.05, 3.63) is 40.8 Å². The molecule has 2 rings (SSSR count). The number of hydrogen-bond acceptors (Lipinski definition) is 2. The minimum Gasteiger partial charge on any atom is -0.480 e. The van der Waals surface area contributed by atoms with E-state index in [2.05, 4.69) is 5.10 Å². The molecule has 2 aromatic rings. The molecule has 19 heavy (non-hydrogen) atoms. The summed E-state index contributed by atoms with van der Waals surface area (Å²) in [7, 11) is 1.09. The number of methoxy groups -OCH3 is 1. The van der Waals surface area contributed by atoms with Crippen LogP contribution in [-0.4, -0.2) is 16.9 Å². The standard InChI is InChI=1S/C11H7ClF4N2O/c1-19-10-7(11(14,15)16)5-17-18(10)6-2-3-9(13)8(12)4-6/h2-5H,1H3. The summed E-state index contributed by atoms with van der Waals surface area (Å²) in [4.78, 5) is 0. The average Bonchev–Trinajstić information content (AvgIpc) is 2.76. The summed E-state index contributed by atoms with van der Waals surface area (Å²) < 4.78 is 56.7. The molecule has 0 radical (unpaired) electrons. The molecule has 0 aliphatic carbocycles. The summed E-state index contributed by atoms with van der Waals surface area (Å²) in [6.07, 6.45) is -3.95. The summed E-state index contributed by atoms with van der Waals surface area (Å²) >= 11 is 5.58. The number of nitrogens with zero attached hydrogens (tertiary/aromatic N) is 2. The highest BCUT2D eigenvalue weighted by Crippen LogP contribution is 2.37. The Kier molecular flexibility index (Phi) is 3.40. The van der Waals surface area contributed by atoms with Crippen molar-refractivity contribution in [3.63, 3.8) is 0 Å². The van der Waals surface area contributed by atoms with E-state index in [0.29, 0.717) is 6.20 Å². The molecule has 0 spiro atoms. The van der Waals surface area contributed by atoms with Gasteiger partial charge in [0, 0.05) is 0 Å². The predicted molar refractivity (Wildman–Crippen MR) is 60.1 cm³/mol. The van der Waals surface area contributed by atoms with Gasteiger partial charge in [0.05, 0.1) is 24.0 Å². The SMILES string of the molecule is COc1c(C(F)(F)F)cnn1-c1ccc(F)c(Cl)c1. The summed E-state index contributed by atoms with van der Waals surface area (Å²) in [5, 5.41) is 3.37. The van der Waals surface area contributed by atoms with Crippen molar-refractivity contribution in [2.45, 2.75) is 6.18 Å². The van der Waals surface area contributed by atoms with E-state index in [1.54, 1.807) is 0 Å². The molecule has 8 heteroatoms. The number of alkyl halides is 3. The highest BCUT2D eigenvalue weighted by Gasteiger charge is 2.37. The lowest BCUT2D eigenvalue weighted by Crippen LogP contribution is -2.07. The quantitative estimate of drug-likeness (QED) is 0.790. The molecule has 0 saturated carbocycles. The fraction of sp³-hybridized carbons (Fsp3) is 0.182. The van der Waals surface area contributed by atoms with Crippen molar-refractivity contribution in [1.29, 1.82) is 0 Å². The summed E-state index contributed by atoms with van der Waals surface area (Å²) in [6.45, 7) is 0. The second-order valence-electron chi connectivity index (χ2n) is 3.58. The summed E-state index contributed by atoms with van der Waals surface area (Å²) in [5.74, 6) is -1.16. The van der Waals surface area contributed by atoms with Gasteiger partial charge in [0.25, 0.3) is 0 Å². The first-order valence-electron chi connectivity index (χ1n) is 4.99. The van der Waals surface area contributed by atoms with Crippen molar-refractivity contribution >= 4 is 11.6 Å². The van der Waals surface area contributed by atoms with Gasteiger partial charge in [-0.15, -0.1) is 0 Å². The fourth-order valence-corrected chi connectivity index (χ4v) is 1.70. The minimum absolute atomic E-state index is 0.166. The van der Waals surface area contributed by atoms with Crippen LogP contribution in [0.1, 0.15) is 5.56 Å². The summed E-state index contributed by atoms with van der Waals surface area (Å²) in [6, 6.07) is 3.44. The van der Waals surface area contributed by atoms with Crippen LogP contribution in [0.5, 0.6) is 5.88 Å². The Morgan fingerprint density at radius 1 is 1.32 bits per heavy atom. The van der Waals surface area contributed by atoms with Crippen LogP contribution in [0.2, 0.25) is 5.02 Å². The zero-order valence-corrected chi connectivity index (χ0v) is 10.3. The van der Waals surface area contributed by atoms with Gasteiger partial charge in [-0.05, 0) is 18.2 Å². The molecule has 0 N–H and O–H groups in total. The maximum Gasteiger partial charge on any atom is 0.423 e. The Balaban J connectivity index is 2.57. The van der Waals surface area contributed by atoms with Crippen LogP contribution in [-0.2, 0) is 6.18 Å². The number of hydrogen-bond donors (Lipinski definition) is 0. The fourth-order valence-electron chi connectivity index (χ4n) is 1.53. The van der Waals surface area contributed by atoms with Crippen LogP contribution < -0.4 is 4.74 Å². The first kappa shape index (κ1) is 13.7. The third-order valence-corrected chi connectivity index (χ3v) is 2.66. The van der Waals surface area contributed by atoms with E-state index < -0.39 is 23.4 Å². The van der Waals surface area contributed by atoms with E-state index in [9.17, 15) is 17.6 Å². The molecule has 0 saturated heterocycles. The molecule has 0 atom stereocenters. The van der Waals surface area contributed by atoms with Gasteiger partial charge in [-0.2, -0.15) is 18.3 Å². The van der Waals surface area contributed by atoms with Gasteiger partial charge in [-0.3, -0.25) is 0 Å². The lowest BCUT2D eigenvalue weighted by Gasteiger charge is -2.10. The first-order chi connectivity index (χ1) is 8.84. The van der Waals surface area contributed by atoms with Gasteiger partial charge in [-0.25, -0.2) is 9.07 Å². The van der Waals surface area contributed by atoms with Crippen LogP contribution in [0.25, 0.3) is 5.69 Å². The molecule has 3 nitrogen and oxygen atoms in total. The molecule has 1 aromatic heterocycles. The largest absolute Gasteiger partial charge is 0.480 e. The first-order valence-corrected chi connectivity index (χ1v) is 5.37. The van der Waals surface area contributed by atoms with Crippen molar-refractivity contribution in [3.8, 4) is 11.6 Å². The molecule has 0 unspecified atom stereocenters. The van der Waals surface area contributed by atoms with E-state index in [-0.39, 0.29) is 10.7 Å². The van der Waals surface area contributed by atoms with Crippen molar-refractivity contribution in [1.82, 2.24) is 9.78 Å².